The smallest absolute Gasteiger partial charge is 0.233 e. The van der Waals surface area contributed by atoms with Crippen LogP contribution in [0.5, 0.6) is 0 Å². The van der Waals surface area contributed by atoms with Crippen LogP contribution >= 0.6 is 11.8 Å². The van der Waals surface area contributed by atoms with Gasteiger partial charge in [-0.3, -0.25) is 9.89 Å². The van der Waals surface area contributed by atoms with Gasteiger partial charge in [-0.25, -0.2) is 4.98 Å². The summed E-state index contributed by atoms with van der Waals surface area (Å²) < 4.78 is 5.46. The quantitative estimate of drug-likeness (QED) is 0.806. The molecule has 1 aliphatic carbocycles. The summed E-state index contributed by atoms with van der Waals surface area (Å²) in [5.41, 5.74) is 0. The standard InChI is InChI=1S/C16H26N4O2S/c1-12-10-20(8-9-22-12)15(21)11-23-16-17-14(18-19-16)7-6-13-4-2-3-5-13/h12-13H,2-11H2,1H3,(H,17,18,19). The SMILES string of the molecule is CC1CN(C(=O)CSc2n[nH]c(CCC3CCCC3)n2)CCO1. The number of hydrogen-bond acceptors (Lipinski definition) is 5. The molecule has 128 valence electrons. The third-order valence-electron chi connectivity index (χ3n) is 4.69. The van der Waals surface area contributed by atoms with E-state index in [9.17, 15) is 4.79 Å². The Hall–Kier alpha value is -1.08. The normalized spacial score (nSPS) is 22.7. The summed E-state index contributed by atoms with van der Waals surface area (Å²) in [6.45, 7) is 3.99. The summed E-state index contributed by atoms with van der Waals surface area (Å²) in [7, 11) is 0. The van der Waals surface area contributed by atoms with Crippen molar-refractivity contribution in [1.29, 1.82) is 0 Å². The van der Waals surface area contributed by atoms with Crippen LogP contribution in [0.4, 0.5) is 0 Å². The van der Waals surface area contributed by atoms with Gasteiger partial charge in [-0.05, 0) is 19.3 Å². The highest BCUT2D eigenvalue weighted by Gasteiger charge is 2.22. The molecule has 23 heavy (non-hydrogen) atoms. The summed E-state index contributed by atoms with van der Waals surface area (Å²) in [6.07, 6.45) is 7.78. The molecule has 1 aromatic rings. The number of thioether (sulfide) groups is 1. The van der Waals surface area contributed by atoms with Gasteiger partial charge >= 0.3 is 0 Å². The number of nitrogens with zero attached hydrogens (tertiary/aromatic N) is 3. The molecule has 1 atom stereocenters. The average Bonchev–Trinajstić information content (AvgIpc) is 3.22. The number of aromatic nitrogens is 3. The molecule has 1 amide bonds. The number of carbonyl (C=O) groups is 1. The second-order valence-electron chi connectivity index (χ2n) is 6.56. The van der Waals surface area contributed by atoms with Gasteiger partial charge < -0.3 is 9.64 Å². The highest BCUT2D eigenvalue weighted by Crippen LogP contribution is 2.28. The van der Waals surface area contributed by atoms with Crippen LogP contribution in [-0.2, 0) is 16.0 Å². The Bertz CT molecular complexity index is 516. The molecule has 1 N–H and O–H groups in total. The molecule has 3 rings (SSSR count). The Balaban J connectivity index is 1.40. The molecule has 0 spiro atoms. The maximum absolute atomic E-state index is 12.2. The molecular weight excluding hydrogens is 312 g/mol. The molecule has 0 radical (unpaired) electrons. The van der Waals surface area contributed by atoms with E-state index < -0.39 is 0 Å². The number of ether oxygens (including phenoxy) is 1. The van der Waals surface area contributed by atoms with E-state index >= 15 is 0 Å². The first kappa shape index (κ1) is 16.8. The zero-order chi connectivity index (χ0) is 16.1. The van der Waals surface area contributed by atoms with Crippen molar-refractivity contribution in [2.75, 3.05) is 25.4 Å². The average molecular weight is 338 g/mol. The van der Waals surface area contributed by atoms with Gasteiger partial charge in [0.05, 0.1) is 18.5 Å². The van der Waals surface area contributed by atoms with Crippen LogP contribution in [0.25, 0.3) is 0 Å². The number of morpholine rings is 1. The zero-order valence-corrected chi connectivity index (χ0v) is 14.6. The maximum atomic E-state index is 12.2. The number of hydrogen-bond donors (Lipinski definition) is 1. The van der Waals surface area contributed by atoms with Crippen molar-refractivity contribution >= 4 is 17.7 Å². The van der Waals surface area contributed by atoms with E-state index in [1.807, 2.05) is 11.8 Å². The van der Waals surface area contributed by atoms with Crippen molar-refractivity contribution in [2.45, 2.75) is 56.7 Å². The largest absolute Gasteiger partial charge is 0.375 e. The van der Waals surface area contributed by atoms with Gasteiger partial charge in [-0.2, -0.15) is 0 Å². The number of amides is 1. The van der Waals surface area contributed by atoms with Gasteiger partial charge in [0, 0.05) is 19.5 Å². The molecule has 2 aliphatic rings. The monoisotopic (exact) mass is 338 g/mol. The molecule has 2 heterocycles. The van der Waals surface area contributed by atoms with E-state index in [0.717, 1.165) is 18.2 Å². The Labute approximate surface area is 141 Å². The topological polar surface area (TPSA) is 71.1 Å². The van der Waals surface area contributed by atoms with Crippen molar-refractivity contribution < 1.29 is 9.53 Å². The molecule has 2 fully saturated rings. The van der Waals surface area contributed by atoms with E-state index in [4.69, 9.17) is 4.74 Å². The van der Waals surface area contributed by atoms with Crippen LogP contribution in [-0.4, -0.2) is 57.5 Å². The summed E-state index contributed by atoms with van der Waals surface area (Å²) in [5, 5.41) is 7.92. The molecule has 1 unspecified atom stereocenters. The first-order valence-electron chi connectivity index (χ1n) is 8.64. The van der Waals surface area contributed by atoms with Crippen molar-refractivity contribution in [3.8, 4) is 0 Å². The molecule has 1 aromatic heterocycles. The van der Waals surface area contributed by atoms with E-state index in [0.29, 0.717) is 30.6 Å². The summed E-state index contributed by atoms with van der Waals surface area (Å²) in [4.78, 5) is 18.6. The van der Waals surface area contributed by atoms with E-state index in [1.54, 1.807) is 0 Å². The van der Waals surface area contributed by atoms with Crippen molar-refractivity contribution in [3.05, 3.63) is 5.82 Å². The van der Waals surface area contributed by atoms with Gasteiger partial charge in [0.25, 0.3) is 0 Å². The molecule has 1 aliphatic heterocycles. The lowest BCUT2D eigenvalue weighted by Gasteiger charge is -2.31. The van der Waals surface area contributed by atoms with Gasteiger partial charge in [0.2, 0.25) is 11.1 Å². The number of aryl methyl sites for hydroxylation is 1. The predicted molar refractivity (Wildman–Crippen MR) is 89.4 cm³/mol. The number of aromatic amines is 1. The lowest BCUT2D eigenvalue weighted by atomic mass is 10.0. The molecule has 1 saturated carbocycles. The van der Waals surface area contributed by atoms with E-state index in [-0.39, 0.29) is 12.0 Å². The lowest BCUT2D eigenvalue weighted by molar-refractivity contribution is -0.135. The highest BCUT2D eigenvalue weighted by molar-refractivity contribution is 7.99. The van der Waals surface area contributed by atoms with Crippen LogP contribution in [0.1, 0.15) is 44.9 Å². The summed E-state index contributed by atoms with van der Waals surface area (Å²) in [6, 6.07) is 0. The van der Waals surface area contributed by atoms with E-state index in [2.05, 4.69) is 15.2 Å². The van der Waals surface area contributed by atoms with Gasteiger partial charge in [-0.15, -0.1) is 5.10 Å². The minimum absolute atomic E-state index is 0.128. The van der Waals surface area contributed by atoms with Crippen molar-refractivity contribution in [2.24, 2.45) is 5.92 Å². The summed E-state index contributed by atoms with van der Waals surface area (Å²) in [5.74, 6) is 2.35. The first-order chi connectivity index (χ1) is 11.2. The number of H-pyrrole nitrogens is 1. The lowest BCUT2D eigenvalue weighted by Crippen LogP contribution is -2.45. The molecule has 6 nitrogen and oxygen atoms in total. The second-order valence-corrected chi connectivity index (χ2v) is 7.51. The van der Waals surface area contributed by atoms with Crippen molar-refractivity contribution in [1.82, 2.24) is 20.1 Å². The predicted octanol–water partition coefficient (Wildman–Crippen LogP) is 2.27. The molecular formula is C16H26N4O2S. The van der Waals surface area contributed by atoms with Crippen LogP contribution in [0.3, 0.4) is 0 Å². The fraction of sp³-hybridized carbons (Fsp3) is 0.812. The Morgan fingerprint density at radius 3 is 3.04 bits per heavy atom. The fourth-order valence-electron chi connectivity index (χ4n) is 3.36. The number of nitrogens with one attached hydrogen (secondary N) is 1. The first-order valence-corrected chi connectivity index (χ1v) is 9.62. The number of rotatable bonds is 6. The zero-order valence-electron chi connectivity index (χ0n) is 13.8. The molecule has 1 saturated heterocycles. The van der Waals surface area contributed by atoms with Crippen LogP contribution in [0.2, 0.25) is 0 Å². The third kappa shape index (κ3) is 4.94. The van der Waals surface area contributed by atoms with Gasteiger partial charge in [-0.1, -0.05) is 37.4 Å². The minimum Gasteiger partial charge on any atom is -0.375 e. The third-order valence-corrected chi connectivity index (χ3v) is 5.53. The molecule has 7 heteroatoms. The number of carbonyl (C=O) groups excluding carboxylic acids is 1. The van der Waals surface area contributed by atoms with Gasteiger partial charge in [0.15, 0.2) is 0 Å². The Morgan fingerprint density at radius 1 is 1.43 bits per heavy atom. The Morgan fingerprint density at radius 2 is 2.26 bits per heavy atom. The van der Waals surface area contributed by atoms with Crippen molar-refractivity contribution in [3.63, 3.8) is 0 Å². The maximum Gasteiger partial charge on any atom is 0.233 e. The Kier molecular flexibility index (Phi) is 5.94. The van der Waals surface area contributed by atoms with Gasteiger partial charge in [0.1, 0.15) is 5.82 Å². The molecule has 0 aromatic carbocycles. The van der Waals surface area contributed by atoms with E-state index in [1.165, 1.54) is 43.9 Å². The highest BCUT2D eigenvalue weighted by atomic mass is 32.2. The second kappa shape index (κ2) is 8.15. The fourth-order valence-corrected chi connectivity index (χ4v) is 4.08. The van der Waals surface area contributed by atoms with Crippen LogP contribution in [0.15, 0.2) is 5.16 Å². The minimum atomic E-state index is 0.128. The summed E-state index contributed by atoms with van der Waals surface area (Å²) >= 11 is 1.42. The van der Waals surface area contributed by atoms with Crippen LogP contribution in [0, 0.1) is 5.92 Å². The molecule has 0 bridgehead atoms. The van der Waals surface area contributed by atoms with Crippen LogP contribution < -0.4 is 0 Å².